The predicted octanol–water partition coefficient (Wildman–Crippen LogP) is 5.44. The molecule has 0 aromatic rings. The lowest BCUT2D eigenvalue weighted by Gasteiger charge is -2.30. The molecule has 0 aliphatic rings. The van der Waals surface area contributed by atoms with Gasteiger partial charge in [-0.25, -0.2) is 0 Å². The van der Waals surface area contributed by atoms with E-state index < -0.39 is 8.56 Å². The van der Waals surface area contributed by atoms with Gasteiger partial charge in [-0.3, -0.25) is 0 Å². The normalized spacial score (nSPS) is 16.0. The lowest BCUT2D eigenvalue weighted by atomic mass is 10.2. The minimum Gasteiger partial charge on any atom is -0.394 e. The van der Waals surface area contributed by atoms with E-state index in [0.717, 1.165) is 31.9 Å². The van der Waals surface area contributed by atoms with Gasteiger partial charge in [-0.15, -0.1) is 6.58 Å². The average Bonchev–Trinajstić information content (AvgIpc) is 2.40. The number of hydrogen-bond acceptors (Lipinski definition) is 2. The Morgan fingerprint density at radius 1 is 1.05 bits per heavy atom. The molecular formula is C16H34O2Si. The van der Waals surface area contributed by atoms with Gasteiger partial charge < -0.3 is 8.85 Å². The van der Waals surface area contributed by atoms with Crippen molar-refractivity contribution in [2.75, 3.05) is 6.61 Å². The molecule has 0 heterocycles. The standard InChI is InChI=1S/C16H34O2Si/c1-6-10-12-14-17-19(5,15-8-3)18-16(9-4)13-11-7-2/h9,16H,4,6-8,10-15H2,1-3,5H3. The summed E-state index contributed by atoms with van der Waals surface area (Å²) in [4.78, 5) is 0. The molecule has 0 aromatic heterocycles. The molecule has 0 aliphatic heterocycles. The van der Waals surface area contributed by atoms with Crippen LogP contribution in [0.1, 0.15) is 65.7 Å². The first kappa shape index (κ1) is 18.9. The van der Waals surface area contributed by atoms with Crippen molar-refractivity contribution in [2.24, 2.45) is 0 Å². The van der Waals surface area contributed by atoms with Gasteiger partial charge in [-0.2, -0.15) is 0 Å². The van der Waals surface area contributed by atoms with Crippen LogP contribution < -0.4 is 0 Å². The van der Waals surface area contributed by atoms with Gasteiger partial charge in [0.1, 0.15) is 0 Å². The van der Waals surface area contributed by atoms with Crippen molar-refractivity contribution in [3.05, 3.63) is 12.7 Å². The van der Waals surface area contributed by atoms with Gasteiger partial charge in [0.2, 0.25) is 0 Å². The Bertz CT molecular complexity index is 221. The third kappa shape index (κ3) is 9.42. The van der Waals surface area contributed by atoms with Crippen molar-refractivity contribution in [1.29, 1.82) is 0 Å². The molecule has 0 radical (unpaired) electrons. The third-order valence-corrected chi connectivity index (χ3v) is 6.39. The fourth-order valence-corrected chi connectivity index (χ4v) is 4.88. The zero-order chi connectivity index (χ0) is 14.6. The summed E-state index contributed by atoms with van der Waals surface area (Å²) in [5, 5.41) is 0. The Labute approximate surface area is 121 Å². The summed E-state index contributed by atoms with van der Waals surface area (Å²) < 4.78 is 12.5. The van der Waals surface area contributed by atoms with Gasteiger partial charge in [0.25, 0.3) is 0 Å². The van der Waals surface area contributed by atoms with E-state index in [0.29, 0.717) is 0 Å². The molecule has 0 saturated carbocycles. The molecule has 0 amide bonds. The van der Waals surface area contributed by atoms with Crippen molar-refractivity contribution in [1.82, 2.24) is 0 Å². The van der Waals surface area contributed by atoms with E-state index in [-0.39, 0.29) is 6.10 Å². The summed E-state index contributed by atoms with van der Waals surface area (Å²) in [6.45, 7) is 13.6. The molecule has 114 valence electrons. The largest absolute Gasteiger partial charge is 0.394 e. The summed E-state index contributed by atoms with van der Waals surface area (Å²) >= 11 is 0. The van der Waals surface area contributed by atoms with Crippen molar-refractivity contribution in [3.63, 3.8) is 0 Å². The Hall–Kier alpha value is -0.123. The second-order valence-corrected chi connectivity index (χ2v) is 8.77. The molecular weight excluding hydrogens is 252 g/mol. The summed E-state index contributed by atoms with van der Waals surface area (Å²) in [7, 11) is -2.00. The Morgan fingerprint density at radius 2 is 1.74 bits per heavy atom. The molecule has 0 bridgehead atoms. The van der Waals surface area contributed by atoms with Crippen LogP contribution in [0.3, 0.4) is 0 Å². The minimum atomic E-state index is -2.00. The maximum Gasteiger partial charge on any atom is 0.335 e. The molecule has 0 N–H and O–H groups in total. The van der Waals surface area contributed by atoms with Crippen molar-refractivity contribution in [3.8, 4) is 0 Å². The Balaban J connectivity index is 4.27. The van der Waals surface area contributed by atoms with Crippen LogP contribution in [0.25, 0.3) is 0 Å². The molecule has 19 heavy (non-hydrogen) atoms. The summed E-state index contributed by atoms with van der Waals surface area (Å²) in [5.41, 5.74) is 0. The monoisotopic (exact) mass is 286 g/mol. The van der Waals surface area contributed by atoms with Gasteiger partial charge in [0.15, 0.2) is 0 Å². The van der Waals surface area contributed by atoms with Crippen LogP contribution in [-0.2, 0) is 8.85 Å². The average molecular weight is 287 g/mol. The van der Waals surface area contributed by atoms with E-state index in [1.807, 2.05) is 6.08 Å². The zero-order valence-corrected chi connectivity index (χ0v) is 14.5. The number of rotatable bonds is 13. The van der Waals surface area contributed by atoms with Crippen LogP contribution in [0.15, 0.2) is 12.7 Å². The molecule has 2 nitrogen and oxygen atoms in total. The molecule has 0 saturated heterocycles. The summed E-state index contributed by atoms with van der Waals surface area (Å²) in [6.07, 6.45) is 10.4. The molecule has 2 atom stereocenters. The molecule has 2 unspecified atom stereocenters. The van der Waals surface area contributed by atoms with Crippen LogP contribution in [0.4, 0.5) is 0 Å². The summed E-state index contributed by atoms with van der Waals surface area (Å²) in [5.74, 6) is 0. The molecule has 0 aromatic carbocycles. The zero-order valence-electron chi connectivity index (χ0n) is 13.5. The first-order valence-electron chi connectivity index (χ1n) is 8.06. The smallest absolute Gasteiger partial charge is 0.335 e. The number of hydrogen-bond donors (Lipinski definition) is 0. The second-order valence-electron chi connectivity index (χ2n) is 5.47. The van der Waals surface area contributed by atoms with E-state index >= 15 is 0 Å². The van der Waals surface area contributed by atoms with Crippen molar-refractivity contribution >= 4 is 8.56 Å². The highest BCUT2D eigenvalue weighted by Gasteiger charge is 2.32. The van der Waals surface area contributed by atoms with Gasteiger partial charge >= 0.3 is 8.56 Å². The van der Waals surface area contributed by atoms with E-state index in [1.165, 1.54) is 25.7 Å². The van der Waals surface area contributed by atoms with Crippen LogP contribution in [-0.4, -0.2) is 21.3 Å². The van der Waals surface area contributed by atoms with Crippen molar-refractivity contribution < 1.29 is 8.85 Å². The van der Waals surface area contributed by atoms with E-state index in [4.69, 9.17) is 8.85 Å². The maximum atomic E-state index is 6.31. The van der Waals surface area contributed by atoms with Crippen LogP contribution in [0.5, 0.6) is 0 Å². The highest BCUT2D eigenvalue weighted by molar-refractivity contribution is 6.66. The fraction of sp³-hybridized carbons (Fsp3) is 0.875. The highest BCUT2D eigenvalue weighted by atomic mass is 28.4. The Morgan fingerprint density at radius 3 is 2.26 bits per heavy atom. The van der Waals surface area contributed by atoms with E-state index in [2.05, 4.69) is 33.9 Å². The van der Waals surface area contributed by atoms with E-state index in [9.17, 15) is 0 Å². The lowest BCUT2D eigenvalue weighted by molar-refractivity contribution is 0.133. The molecule has 3 heteroatoms. The van der Waals surface area contributed by atoms with Gasteiger partial charge in [0.05, 0.1) is 6.10 Å². The van der Waals surface area contributed by atoms with Crippen LogP contribution >= 0.6 is 0 Å². The van der Waals surface area contributed by atoms with Gasteiger partial charge in [0, 0.05) is 6.61 Å². The maximum absolute atomic E-state index is 6.31. The SMILES string of the molecule is C=CC(CCCC)O[Si](C)(CCC)OCCCCC. The molecule has 0 aliphatic carbocycles. The number of unbranched alkanes of at least 4 members (excludes halogenated alkanes) is 3. The fourth-order valence-electron chi connectivity index (χ4n) is 2.21. The van der Waals surface area contributed by atoms with Gasteiger partial charge in [-0.05, 0) is 25.4 Å². The first-order chi connectivity index (χ1) is 9.11. The van der Waals surface area contributed by atoms with E-state index in [1.54, 1.807) is 0 Å². The Kier molecular flexibility index (Phi) is 11.6. The second kappa shape index (κ2) is 11.7. The summed E-state index contributed by atoms with van der Waals surface area (Å²) in [6, 6.07) is 1.08. The molecule has 0 fully saturated rings. The van der Waals surface area contributed by atoms with Crippen molar-refractivity contribution in [2.45, 2.75) is 84.4 Å². The lowest BCUT2D eigenvalue weighted by Crippen LogP contribution is -2.42. The topological polar surface area (TPSA) is 18.5 Å². The minimum absolute atomic E-state index is 0.175. The van der Waals surface area contributed by atoms with Crippen LogP contribution in [0, 0.1) is 0 Å². The van der Waals surface area contributed by atoms with Gasteiger partial charge in [-0.1, -0.05) is 59.0 Å². The highest BCUT2D eigenvalue weighted by Crippen LogP contribution is 2.21. The third-order valence-electron chi connectivity index (χ3n) is 3.37. The quantitative estimate of drug-likeness (QED) is 0.255. The molecule has 0 rings (SSSR count). The first-order valence-corrected chi connectivity index (χ1v) is 10.6. The predicted molar refractivity (Wildman–Crippen MR) is 86.8 cm³/mol. The molecule has 0 spiro atoms. The van der Waals surface area contributed by atoms with Crippen LogP contribution in [0.2, 0.25) is 12.6 Å².